The van der Waals surface area contributed by atoms with E-state index < -0.39 is 0 Å². The summed E-state index contributed by atoms with van der Waals surface area (Å²) in [6, 6.07) is 0.156. The molecule has 0 aromatic carbocycles. The Morgan fingerprint density at radius 1 is 1.45 bits per heavy atom. The first-order valence-corrected chi connectivity index (χ1v) is 8.26. The van der Waals surface area contributed by atoms with E-state index in [2.05, 4.69) is 42.9 Å². The predicted octanol–water partition coefficient (Wildman–Crippen LogP) is 2.64. The molecule has 0 bridgehead atoms. The Morgan fingerprint density at radius 3 is 2.82 bits per heavy atom. The number of amides is 1. The van der Waals surface area contributed by atoms with Crippen LogP contribution in [0.3, 0.4) is 0 Å². The quantitative estimate of drug-likeness (QED) is 0.912. The van der Waals surface area contributed by atoms with Crippen LogP contribution < -0.4 is 5.32 Å². The van der Waals surface area contributed by atoms with Crippen LogP contribution in [0.25, 0.3) is 0 Å². The molecule has 122 valence electrons. The number of nitrogens with zero attached hydrogens (tertiary/aromatic N) is 2. The number of oxazole rings is 1. The number of aromatic nitrogens is 1. The fourth-order valence-corrected chi connectivity index (χ4v) is 3.60. The first kappa shape index (κ1) is 15.5. The molecule has 0 saturated carbocycles. The summed E-state index contributed by atoms with van der Waals surface area (Å²) in [5, 5.41) is 3.00. The van der Waals surface area contributed by atoms with E-state index >= 15 is 0 Å². The predicted molar refractivity (Wildman–Crippen MR) is 84.5 cm³/mol. The van der Waals surface area contributed by atoms with Crippen molar-refractivity contribution in [1.29, 1.82) is 0 Å². The molecule has 1 amide bonds. The van der Waals surface area contributed by atoms with E-state index in [0.29, 0.717) is 6.42 Å². The van der Waals surface area contributed by atoms with Gasteiger partial charge in [0.05, 0.1) is 12.2 Å². The topological polar surface area (TPSA) is 58.4 Å². The van der Waals surface area contributed by atoms with E-state index in [1.54, 1.807) is 0 Å². The van der Waals surface area contributed by atoms with Crippen LogP contribution in [0.15, 0.2) is 10.6 Å². The lowest BCUT2D eigenvalue weighted by Crippen LogP contribution is -2.45. The number of hydrogen-bond donors (Lipinski definition) is 1. The molecule has 5 heteroatoms. The monoisotopic (exact) mass is 305 g/mol. The van der Waals surface area contributed by atoms with E-state index in [4.69, 9.17) is 4.42 Å². The normalized spacial score (nSPS) is 28.1. The first-order valence-electron chi connectivity index (χ1n) is 8.26. The van der Waals surface area contributed by atoms with Crippen molar-refractivity contribution in [2.75, 3.05) is 19.6 Å². The molecular weight excluding hydrogens is 278 g/mol. The fraction of sp³-hybridized carbons (Fsp3) is 0.765. The largest absolute Gasteiger partial charge is 0.443 e. The van der Waals surface area contributed by atoms with Gasteiger partial charge in [0, 0.05) is 30.3 Å². The van der Waals surface area contributed by atoms with Crippen LogP contribution in [0.5, 0.6) is 0 Å². The Hall–Kier alpha value is -1.36. The Labute approximate surface area is 132 Å². The number of rotatable bonds is 2. The summed E-state index contributed by atoms with van der Waals surface area (Å²) in [5.74, 6) is 1.92. The zero-order valence-corrected chi connectivity index (χ0v) is 14.1. The lowest BCUT2D eigenvalue weighted by atomic mass is 9.78. The van der Waals surface area contributed by atoms with Gasteiger partial charge in [-0.15, -0.1) is 0 Å². The van der Waals surface area contributed by atoms with Gasteiger partial charge >= 0.3 is 0 Å². The third-order valence-corrected chi connectivity index (χ3v) is 5.05. The van der Waals surface area contributed by atoms with Crippen LogP contribution in [0.2, 0.25) is 0 Å². The molecule has 1 spiro atoms. The maximum absolute atomic E-state index is 11.6. The standard InChI is InChI=1S/C17H27N3O2/c1-12(15-18-9-13(22-15)16(2,3)4)20-7-5-6-17(11-20)8-14(21)19-10-17/h9,12H,5-8,10-11H2,1-4H3,(H,19,21)/t12-,17-/m0/s1. The molecule has 0 radical (unpaired) electrons. The molecule has 2 fully saturated rings. The van der Waals surface area contributed by atoms with Crippen LogP contribution in [-0.4, -0.2) is 35.4 Å². The van der Waals surface area contributed by atoms with Crippen LogP contribution >= 0.6 is 0 Å². The van der Waals surface area contributed by atoms with E-state index in [-0.39, 0.29) is 22.8 Å². The average Bonchev–Trinajstić information content (AvgIpc) is 3.05. The second-order valence-electron chi connectivity index (χ2n) is 8.02. The first-order chi connectivity index (χ1) is 10.3. The van der Waals surface area contributed by atoms with Gasteiger partial charge in [-0.1, -0.05) is 20.8 Å². The Balaban J connectivity index is 1.73. The molecule has 3 heterocycles. The summed E-state index contributed by atoms with van der Waals surface area (Å²) in [5.41, 5.74) is 0.0962. The van der Waals surface area contributed by atoms with E-state index in [1.807, 2.05) is 6.20 Å². The summed E-state index contributed by atoms with van der Waals surface area (Å²) < 4.78 is 6.00. The van der Waals surface area contributed by atoms with Crippen molar-refractivity contribution in [3.63, 3.8) is 0 Å². The van der Waals surface area contributed by atoms with Gasteiger partial charge in [0.25, 0.3) is 0 Å². The van der Waals surface area contributed by atoms with Gasteiger partial charge in [-0.25, -0.2) is 4.98 Å². The van der Waals surface area contributed by atoms with Gasteiger partial charge in [0.1, 0.15) is 5.76 Å². The number of piperidine rings is 1. The van der Waals surface area contributed by atoms with Gasteiger partial charge in [-0.05, 0) is 26.3 Å². The van der Waals surface area contributed by atoms with Crippen LogP contribution in [0.1, 0.15) is 64.7 Å². The van der Waals surface area contributed by atoms with Gasteiger partial charge < -0.3 is 9.73 Å². The minimum Gasteiger partial charge on any atom is -0.443 e. The highest BCUT2D eigenvalue weighted by Gasteiger charge is 2.43. The highest BCUT2D eigenvalue weighted by molar-refractivity contribution is 5.79. The minimum absolute atomic E-state index is 0.0180. The van der Waals surface area contributed by atoms with Crippen LogP contribution in [-0.2, 0) is 10.2 Å². The lowest BCUT2D eigenvalue weighted by Gasteiger charge is -2.41. The fourth-order valence-electron chi connectivity index (χ4n) is 3.60. The minimum atomic E-state index is -0.0180. The maximum atomic E-state index is 11.6. The van der Waals surface area contributed by atoms with Gasteiger partial charge in [-0.2, -0.15) is 0 Å². The molecule has 5 nitrogen and oxygen atoms in total. The number of carbonyl (C=O) groups is 1. The zero-order chi connectivity index (χ0) is 16.0. The summed E-state index contributed by atoms with van der Waals surface area (Å²) in [4.78, 5) is 18.5. The number of nitrogens with one attached hydrogen (secondary N) is 1. The summed E-state index contributed by atoms with van der Waals surface area (Å²) in [6.45, 7) is 11.4. The average molecular weight is 305 g/mol. The molecule has 0 unspecified atom stereocenters. The van der Waals surface area contributed by atoms with E-state index in [1.165, 1.54) is 0 Å². The SMILES string of the molecule is C[C@@H](c1ncc(C(C)(C)C)o1)N1CCC[C@]2(CNC(=O)C2)C1. The molecule has 2 atom stereocenters. The molecule has 1 aromatic rings. The molecule has 1 N–H and O–H groups in total. The molecule has 2 aliphatic heterocycles. The van der Waals surface area contributed by atoms with Gasteiger partial charge in [0.15, 0.2) is 0 Å². The smallest absolute Gasteiger partial charge is 0.220 e. The number of carbonyl (C=O) groups excluding carboxylic acids is 1. The lowest BCUT2D eigenvalue weighted by molar-refractivity contribution is -0.120. The van der Waals surface area contributed by atoms with Crippen molar-refractivity contribution >= 4 is 5.91 Å². The van der Waals surface area contributed by atoms with Crippen molar-refractivity contribution < 1.29 is 9.21 Å². The van der Waals surface area contributed by atoms with Crippen molar-refractivity contribution in [3.8, 4) is 0 Å². The molecule has 22 heavy (non-hydrogen) atoms. The summed E-state index contributed by atoms with van der Waals surface area (Å²) in [6.07, 6.45) is 4.78. The maximum Gasteiger partial charge on any atom is 0.220 e. The molecule has 3 rings (SSSR count). The Morgan fingerprint density at radius 2 is 2.23 bits per heavy atom. The van der Waals surface area contributed by atoms with Crippen molar-refractivity contribution in [3.05, 3.63) is 17.8 Å². The summed E-state index contributed by atoms with van der Waals surface area (Å²) in [7, 11) is 0. The Kier molecular flexibility index (Phi) is 3.79. The highest BCUT2D eigenvalue weighted by atomic mass is 16.4. The Bertz CT molecular complexity index is 560. The number of likely N-dealkylation sites (tertiary alicyclic amines) is 1. The zero-order valence-electron chi connectivity index (χ0n) is 14.1. The third kappa shape index (κ3) is 2.91. The molecule has 0 aliphatic carbocycles. The van der Waals surface area contributed by atoms with Crippen molar-refractivity contribution in [1.82, 2.24) is 15.2 Å². The second-order valence-corrected chi connectivity index (χ2v) is 8.02. The van der Waals surface area contributed by atoms with Crippen molar-refractivity contribution in [2.24, 2.45) is 5.41 Å². The number of hydrogen-bond acceptors (Lipinski definition) is 4. The third-order valence-electron chi connectivity index (χ3n) is 5.05. The summed E-state index contributed by atoms with van der Waals surface area (Å²) >= 11 is 0. The molecule has 2 saturated heterocycles. The van der Waals surface area contributed by atoms with Crippen LogP contribution in [0.4, 0.5) is 0 Å². The molecular formula is C17H27N3O2. The molecule has 2 aliphatic rings. The second kappa shape index (κ2) is 5.37. The van der Waals surface area contributed by atoms with E-state index in [9.17, 15) is 4.79 Å². The highest BCUT2D eigenvalue weighted by Crippen LogP contribution is 2.39. The van der Waals surface area contributed by atoms with E-state index in [0.717, 1.165) is 44.1 Å². The van der Waals surface area contributed by atoms with Crippen molar-refractivity contribution in [2.45, 2.75) is 58.4 Å². The van der Waals surface area contributed by atoms with Gasteiger partial charge in [-0.3, -0.25) is 9.69 Å². The van der Waals surface area contributed by atoms with Gasteiger partial charge in [0.2, 0.25) is 11.8 Å². The molecule has 1 aromatic heterocycles. The van der Waals surface area contributed by atoms with Crippen LogP contribution in [0, 0.1) is 5.41 Å².